The molecule has 0 aliphatic carbocycles. The Morgan fingerprint density at radius 3 is 2.65 bits per heavy atom. The molecule has 0 saturated heterocycles. The molecule has 0 bridgehead atoms. The van der Waals surface area contributed by atoms with Crippen LogP contribution < -0.4 is 0 Å². The Hall–Kier alpha value is -2.28. The van der Waals surface area contributed by atoms with Gasteiger partial charge >= 0.3 is 0 Å². The zero-order valence-corrected chi connectivity index (χ0v) is 15.5. The third kappa shape index (κ3) is 3.35. The fourth-order valence-corrected chi connectivity index (χ4v) is 3.26. The van der Waals surface area contributed by atoms with Gasteiger partial charge in [-0.1, -0.05) is 34.8 Å². The van der Waals surface area contributed by atoms with Crippen LogP contribution in [0.25, 0.3) is 11.4 Å². The van der Waals surface area contributed by atoms with E-state index < -0.39 is 0 Å². The quantitative estimate of drug-likeness (QED) is 0.604. The second kappa shape index (κ2) is 7.15. The molecule has 0 saturated carbocycles. The maximum atomic E-state index is 6.36. The highest BCUT2D eigenvalue weighted by atomic mass is 35.5. The van der Waals surface area contributed by atoms with Crippen LogP contribution in [-0.4, -0.2) is 26.8 Å². The molecule has 3 heterocycles. The molecule has 3 aromatic rings. The van der Waals surface area contributed by atoms with Crippen molar-refractivity contribution >= 4 is 40.5 Å². The van der Waals surface area contributed by atoms with E-state index >= 15 is 0 Å². The van der Waals surface area contributed by atoms with Crippen molar-refractivity contribution in [3.8, 4) is 11.4 Å². The van der Waals surface area contributed by atoms with Gasteiger partial charge in [0.25, 0.3) is 0 Å². The average molecular weight is 406 g/mol. The fraction of sp³-hybridized carbons (Fsp3) is 0.118. The molecule has 6 nitrogen and oxygen atoms in total. The van der Waals surface area contributed by atoms with Gasteiger partial charge in [-0.15, -0.1) is 5.10 Å². The topological polar surface area (TPSA) is 67.8 Å². The molecular formula is C17H11Cl3N6. The van der Waals surface area contributed by atoms with Crippen LogP contribution in [0, 0.1) is 0 Å². The molecule has 26 heavy (non-hydrogen) atoms. The van der Waals surface area contributed by atoms with Crippen molar-refractivity contribution < 1.29 is 0 Å². The standard InChI is InChI=1S/C17H11Cl3N6/c18-12-1-2-14(20)11(4-12)9-26-16(15-7-23-25-24-15)8-22-17(26)10-3-13(19)6-21-5-10/h1-6,8H,7,9H2. The molecule has 1 aliphatic rings. The van der Waals surface area contributed by atoms with E-state index in [0.29, 0.717) is 34.0 Å². The van der Waals surface area contributed by atoms with Gasteiger partial charge in [-0.25, -0.2) is 4.98 Å². The van der Waals surface area contributed by atoms with Crippen LogP contribution in [0.5, 0.6) is 0 Å². The molecule has 0 fully saturated rings. The molecule has 2 aromatic heterocycles. The zero-order valence-electron chi connectivity index (χ0n) is 13.3. The smallest absolute Gasteiger partial charge is 0.142 e. The number of aromatic nitrogens is 3. The first-order valence-electron chi connectivity index (χ1n) is 7.66. The van der Waals surface area contributed by atoms with Crippen LogP contribution >= 0.6 is 34.8 Å². The highest BCUT2D eigenvalue weighted by Crippen LogP contribution is 2.27. The average Bonchev–Trinajstić information content (AvgIpc) is 3.27. The second-order valence-corrected chi connectivity index (χ2v) is 6.90. The zero-order chi connectivity index (χ0) is 18.1. The molecule has 0 atom stereocenters. The summed E-state index contributed by atoms with van der Waals surface area (Å²) >= 11 is 18.6. The minimum atomic E-state index is 0.405. The van der Waals surface area contributed by atoms with Gasteiger partial charge in [0.1, 0.15) is 18.1 Å². The van der Waals surface area contributed by atoms with E-state index in [9.17, 15) is 0 Å². The van der Waals surface area contributed by atoms with E-state index in [0.717, 1.165) is 22.5 Å². The lowest BCUT2D eigenvalue weighted by Gasteiger charge is -2.13. The van der Waals surface area contributed by atoms with Crippen molar-refractivity contribution in [3.63, 3.8) is 0 Å². The highest BCUT2D eigenvalue weighted by Gasteiger charge is 2.19. The first-order chi connectivity index (χ1) is 12.6. The van der Waals surface area contributed by atoms with E-state index in [1.165, 1.54) is 0 Å². The molecule has 0 N–H and O–H groups in total. The summed E-state index contributed by atoms with van der Waals surface area (Å²) in [5.74, 6) is 0.695. The molecule has 0 radical (unpaired) electrons. The van der Waals surface area contributed by atoms with Gasteiger partial charge in [-0.2, -0.15) is 5.11 Å². The number of nitrogens with zero attached hydrogens (tertiary/aromatic N) is 6. The van der Waals surface area contributed by atoms with Gasteiger partial charge in [0, 0.05) is 28.0 Å². The van der Waals surface area contributed by atoms with Gasteiger partial charge < -0.3 is 4.57 Å². The lowest BCUT2D eigenvalue weighted by atomic mass is 10.2. The Kier molecular flexibility index (Phi) is 4.72. The molecule has 0 amide bonds. The Labute approximate surface area is 164 Å². The highest BCUT2D eigenvalue weighted by molar-refractivity contribution is 6.33. The second-order valence-electron chi connectivity index (χ2n) is 5.62. The molecule has 0 spiro atoms. The molecule has 0 unspecified atom stereocenters. The summed E-state index contributed by atoms with van der Waals surface area (Å²) in [4.78, 5) is 8.69. The van der Waals surface area contributed by atoms with Gasteiger partial charge in [0.05, 0.1) is 23.5 Å². The van der Waals surface area contributed by atoms with Gasteiger partial charge in [-0.3, -0.25) is 4.98 Å². The summed E-state index contributed by atoms with van der Waals surface area (Å²) in [5.41, 5.74) is 3.19. The van der Waals surface area contributed by atoms with E-state index in [-0.39, 0.29) is 0 Å². The SMILES string of the molecule is Clc1cncc(-c2ncc(C3=NN=NC3)n2Cc2cc(Cl)ccc2Cl)c1. The number of imidazole rings is 1. The summed E-state index contributed by atoms with van der Waals surface area (Å²) < 4.78 is 1.99. The van der Waals surface area contributed by atoms with E-state index in [2.05, 4.69) is 25.4 Å². The van der Waals surface area contributed by atoms with Crippen LogP contribution in [0.2, 0.25) is 15.1 Å². The number of hydrogen-bond acceptors (Lipinski definition) is 5. The molecule has 1 aromatic carbocycles. The third-order valence-electron chi connectivity index (χ3n) is 3.90. The van der Waals surface area contributed by atoms with E-state index in [4.69, 9.17) is 34.8 Å². The number of halogens is 3. The van der Waals surface area contributed by atoms with Crippen molar-refractivity contribution in [2.24, 2.45) is 15.4 Å². The number of rotatable bonds is 4. The van der Waals surface area contributed by atoms with Crippen LogP contribution in [0.4, 0.5) is 0 Å². The Morgan fingerprint density at radius 2 is 1.88 bits per heavy atom. The number of hydrogen-bond donors (Lipinski definition) is 0. The predicted molar refractivity (Wildman–Crippen MR) is 102 cm³/mol. The van der Waals surface area contributed by atoms with Crippen molar-refractivity contribution in [1.29, 1.82) is 0 Å². The van der Waals surface area contributed by atoms with Crippen LogP contribution in [0.1, 0.15) is 11.3 Å². The Morgan fingerprint density at radius 1 is 1.00 bits per heavy atom. The Balaban J connectivity index is 1.84. The summed E-state index contributed by atoms with van der Waals surface area (Å²) in [6.07, 6.45) is 5.02. The fourth-order valence-electron chi connectivity index (χ4n) is 2.71. The maximum Gasteiger partial charge on any atom is 0.142 e. The largest absolute Gasteiger partial charge is 0.318 e. The van der Waals surface area contributed by atoms with Gasteiger partial charge in [-0.05, 0) is 35.1 Å². The summed E-state index contributed by atoms with van der Waals surface area (Å²) in [5, 5.41) is 13.5. The van der Waals surface area contributed by atoms with Crippen molar-refractivity contribution in [2.45, 2.75) is 6.54 Å². The maximum absolute atomic E-state index is 6.36. The van der Waals surface area contributed by atoms with Crippen molar-refractivity contribution in [1.82, 2.24) is 14.5 Å². The van der Waals surface area contributed by atoms with Crippen LogP contribution in [-0.2, 0) is 6.54 Å². The summed E-state index contributed by atoms with van der Waals surface area (Å²) in [6, 6.07) is 7.16. The van der Waals surface area contributed by atoms with Crippen LogP contribution in [0.15, 0.2) is 58.3 Å². The first-order valence-corrected chi connectivity index (χ1v) is 8.79. The number of pyridine rings is 1. The lowest BCUT2D eigenvalue weighted by molar-refractivity contribution is 0.798. The molecule has 9 heteroatoms. The third-order valence-corrected chi connectivity index (χ3v) is 4.71. The minimum Gasteiger partial charge on any atom is -0.318 e. The lowest BCUT2D eigenvalue weighted by Crippen LogP contribution is -2.13. The first kappa shape index (κ1) is 17.1. The van der Waals surface area contributed by atoms with E-state index in [1.54, 1.807) is 30.7 Å². The van der Waals surface area contributed by atoms with Gasteiger partial charge in [0.2, 0.25) is 0 Å². The van der Waals surface area contributed by atoms with Crippen molar-refractivity contribution in [3.05, 3.63) is 69.2 Å². The van der Waals surface area contributed by atoms with Gasteiger partial charge in [0.15, 0.2) is 0 Å². The molecule has 4 rings (SSSR count). The normalized spacial score (nSPS) is 13.3. The summed E-state index contributed by atoms with van der Waals surface area (Å²) in [6.45, 7) is 0.859. The Bertz CT molecular complexity index is 1040. The molecule has 1 aliphatic heterocycles. The monoisotopic (exact) mass is 404 g/mol. The predicted octanol–water partition coefficient (Wildman–Crippen LogP) is 5.12. The van der Waals surface area contributed by atoms with Crippen molar-refractivity contribution in [2.75, 3.05) is 6.54 Å². The minimum absolute atomic E-state index is 0.405. The van der Waals surface area contributed by atoms with Crippen LogP contribution in [0.3, 0.4) is 0 Å². The number of benzene rings is 1. The molecule has 130 valence electrons. The summed E-state index contributed by atoms with van der Waals surface area (Å²) in [7, 11) is 0. The van der Waals surface area contributed by atoms with E-state index in [1.807, 2.05) is 16.7 Å². The molecular weight excluding hydrogens is 395 g/mol.